The van der Waals surface area contributed by atoms with E-state index < -0.39 is 39.5 Å². The van der Waals surface area contributed by atoms with Crippen molar-refractivity contribution in [3.8, 4) is 17.5 Å². The zero-order valence-electron chi connectivity index (χ0n) is 25.6. The van der Waals surface area contributed by atoms with Gasteiger partial charge in [0.15, 0.2) is 11.6 Å². The molecule has 0 amide bonds. The number of allylic oxidation sites excluding steroid dienone is 2. The molecular weight excluding hydrogens is 637 g/mol. The quantitative estimate of drug-likeness (QED) is 0.334. The molecule has 3 aromatic rings. The molecule has 2 fully saturated rings. The van der Waals surface area contributed by atoms with E-state index in [4.69, 9.17) is 16.3 Å². The standard InChI is InChI=1S/C33H32ClF3N6O4/c1-39-10-4-5-22(18-38)31(39)42-15-13-41(14-16-42)28-26(35)17-24-27(30(28)47-33(34,36)37)43(20-25(29(24)44)32(45)46)23-8-6-21(7-9-23)19-40-11-2-3-12-40/h4-9,17,20H,2-3,10-16,19H2,1H3,(H,45,46). The Morgan fingerprint density at radius 2 is 1.74 bits per heavy atom. The van der Waals surface area contributed by atoms with Gasteiger partial charge in [-0.1, -0.05) is 18.2 Å². The molecule has 0 spiro atoms. The number of anilines is 1. The van der Waals surface area contributed by atoms with Gasteiger partial charge in [0, 0.05) is 69.8 Å². The number of likely N-dealkylation sites (tertiary alicyclic amines) is 1. The lowest BCUT2D eigenvalue weighted by Crippen LogP contribution is -2.49. The van der Waals surface area contributed by atoms with Crippen molar-refractivity contribution in [3.05, 3.63) is 87.2 Å². The fourth-order valence-corrected chi connectivity index (χ4v) is 6.65. The maximum Gasteiger partial charge on any atom is 0.487 e. The number of pyridine rings is 1. The zero-order chi connectivity index (χ0) is 33.5. The maximum atomic E-state index is 16.1. The third-order valence-electron chi connectivity index (χ3n) is 8.72. The summed E-state index contributed by atoms with van der Waals surface area (Å²) in [5.41, 5.74) is -4.82. The van der Waals surface area contributed by atoms with Crippen LogP contribution in [0.1, 0.15) is 28.8 Å². The first-order valence-electron chi connectivity index (χ1n) is 15.2. The molecule has 3 aliphatic heterocycles. The molecule has 246 valence electrons. The number of fused-ring (bicyclic) bond motifs is 1. The fraction of sp³-hybridized carbons (Fsp3) is 0.364. The van der Waals surface area contributed by atoms with E-state index >= 15 is 4.39 Å². The minimum absolute atomic E-state index is 0.148. The van der Waals surface area contributed by atoms with Gasteiger partial charge in [0.05, 0.1) is 11.0 Å². The lowest BCUT2D eigenvalue weighted by atomic mass is 10.1. The van der Waals surface area contributed by atoms with Gasteiger partial charge in [0.1, 0.15) is 28.7 Å². The number of carbonyl (C=O) groups is 1. The van der Waals surface area contributed by atoms with Gasteiger partial charge in [0.25, 0.3) is 0 Å². The normalized spacial score (nSPS) is 17.5. The molecule has 3 aliphatic rings. The van der Waals surface area contributed by atoms with Crippen molar-refractivity contribution in [2.24, 2.45) is 0 Å². The number of ether oxygens (including phenoxy) is 1. The molecule has 1 N–H and O–H groups in total. The minimum atomic E-state index is -4.30. The van der Waals surface area contributed by atoms with E-state index in [9.17, 15) is 28.7 Å². The van der Waals surface area contributed by atoms with Crippen molar-refractivity contribution in [3.63, 3.8) is 0 Å². The van der Waals surface area contributed by atoms with Crippen LogP contribution in [-0.4, -0.2) is 88.8 Å². The summed E-state index contributed by atoms with van der Waals surface area (Å²) in [5, 5.41) is 19.0. The van der Waals surface area contributed by atoms with Gasteiger partial charge in [-0.25, -0.2) is 9.18 Å². The smallest absolute Gasteiger partial charge is 0.477 e. The number of carboxylic acid groups (broad SMARTS) is 1. The number of rotatable bonds is 8. The summed E-state index contributed by atoms with van der Waals surface area (Å²) in [6.45, 7) is 4.19. The average Bonchev–Trinajstić information content (AvgIpc) is 3.54. The van der Waals surface area contributed by atoms with Crippen LogP contribution in [0.3, 0.4) is 0 Å². The Labute approximate surface area is 273 Å². The summed E-state index contributed by atoms with van der Waals surface area (Å²) in [4.78, 5) is 33.2. The number of carboxylic acids is 1. The second-order valence-corrected chi connectivity index (χ2v) is 12.2. The number of aromatic carboxylic acids is 1. The number of halogens is 4. The molecule has 47 heavy (non-hydrogen) atoms. The molecule has 0 radical (unpaired) electrons. The second kappa shape index (κ2) is 12.8. The largest absolute Gasteiger partial charge is 0.487 e. The van der Waals surface area contributed by atoms with E-state index in [1.807, 2.05) is 35.1 Å². The number of nitriles is 1. The SMILES string of the molecule is CN1CC=CC(C#N)=C1N1CCN(c2c(F)cc3c(=O)c(C(=O)O)cn(-c4ccc(CN5CCCC5)cc4)c3c2OC(F)(F)Cl)CC1. The van der Waals surface area contributed by atoms with Crippen LogP contribution >= 0.6 is 11.6 Å². The highest BCUT2D eigenvalue weighted by molar-refractivity contribution is 6.21. The van der Waals surface area contributed by atoms with Crippen LogP contribution in [0.5, 0.6) is 5.75 Å². The highest BCUT2D eigenvalue weighted by atomic mass is 35.5. The number of hydrogen-bond donors (Lipinski definition) is 1. The van der Waals surface area contributed by atoms with Crippen LogP contribution < -0.4 is 15.1 Å². The molecule has 2 saturated heterocycles. The van der Waals surface area contributed by atoms with Crippen molar-refractivity contribution >= 4 is 34.2 Å². The van der Waals surface area contributed by atoms with E-state index in [2.05, 4.69) is 11.0 Å². The Morgan fingerprint density at radius 1 is 1.09 bits per heavy atom. The number of likely N-dealkylation sites (N-methyl/N-ethyl adjacent to an activating group) is 1. The highest BCUT2D eigenvalue weighted by Gasteiger charge is 2.36. The average molecular weight is 669 g/mol. The Bertz CT molecular complexity index is 1870. The Balaban J connectivity index is 1.47. The van der Waals surface area contributed by atoms with Gasteiger partial charge in [-0.15, -0.1) is 8.78 Å². The third kappa shape index (κ3) is 6.48. The first-order valence-corrected chi connectivity index (χ1v) is 15.6. The molecule has 0 unspecified atom stereocenters. The molecule has 10 nitrogen and oxygen atoms in total. The fourth-order valence-electron chi connectivity index (χ4n) is 6.58. The molecule has 0 atom stereocenters. The van der Waals surface area contributed by atoms with E-state index in [0.29, 0.717) is 43.3 Å². The Hall–Kier alpha value is -4.67. The van der Waals surface area contributed by atoms with Crippen LogP contribution in [0, 0.1) is 17.1 Å². The highest BCUT2D eigenvalue weighted by Crippen LogP contribution is 2.43. The molecule has 0 saturated carbocycles. The molecule has 2 aromatic carbocycles. The van der Waals surface area contributed by atoms with E-state index in [0.717, 1.165) is 43.8 Å². The monoisotopic (exact) mass is 668 g/mol. The molecule has 14 heteroatoms. The second-order valence-electron chi connectivity index (χ2n) is 11.8. The zero-order valence-corrected chi connectivity index (χ0v) is 26.3. The van der Waals surface area contributed by atoms with Crippen LogP contribution in [0.25, 0.3) is 16.6 Å². The van der Waals surface area contributed by atoms with Crippen molar-refractivity contribution in [1.82, 2.24) is 19.3 Å². The number of alkyl halides is 3. The van der Waals surface area contributed by atoms with Crippen LogP contribution in [0.2, 0.25) is 0 Å². The molecule has 0 aliphatic carbocycles. The topological polar surface area (TPSA) is 105 Å². The predicted octanol–water partition coefficient (Wildman–Crippen LogP) is 4.95. The number of piperazine rings is 1. The van der Waals surface area contributed by atoms with Crippen LogP contribution in [-0.2, 0) is 6.54 Å². The summed E-state index contributed by atoms with van der Waals surface area (Å²) in [5.74, 6) is -2.60. The lowest BCUT2D eigenvalue weighted by Gasteiger charge is -2.42. The Kier molecular flexibility index (Phi) is 8.82. The molecule has 4 heterocycles. The van der Waals surface area contributed by atoms with Crippen molar-refractivity contribution in [2.45, 2.75) is 25.0 Å². The van der Waals surface area contributed by atoms with Gasteiger partial charge in [-0.3, -0.25) is 9.69 Å². The van der Waals surface area contributed by atoms with Gasteiger partial charge >= 0.3 is 11.5 Å². The van der Waals surface area contributed by atoms with Crippen LogP contribution in [0.4, 0.5) is 18.9 Å². The van der Waals surface area contributed by atoms with Gasteiger partial charge in [-0.05, 0) is 55.8 Å². The first-order chi connectivity index (χ1) is 22.4. The van der Waals surface area contributed by atoms with Crippen molar-refractivity contribution in [2.75, 3.05) is 57.8 Å². The summed E-state index contributed by atoms with van der Waals surface area (Å²) in [6, 6.07) is 10.1. The summed E-state index contributed by atoms with van der Waals surface area (Å²) in [7, 11) is 1.85. The summed E-state index contributed by atoms with van der Waals surface area (Å²) in [6.07, 6.45) is 6.88. The third-order valence-corrected chi connectivity index (χ3v) is 8.80. The number of aromatic nitrogens is 1. The van der Waals surface area contributed by atoms with Crippen molar-refractivity contribution < 1.29 is 27.8 Å². The van der Waals surface area contributed by atoms with E-state index in [1.165, 1.54) is 9.47 Å². The van der Waals surface area contributed by atoms with E-state index in [1.54, 1.807) is 18.2 Å². The summed E-state index contributed by atoms with van der Waals surface area (Å²) >= 11 is 5.29. The summed E-state index contributed by atoms with van der Waals surface area (Å²) < 4.78 is 51.3. The number of benzene rings is 2. The maximum absolute atomic E-state index is 16.1. The molecular formula is C33H32ClF3N6O4. The molecule has 0 bridgehead atoms. The van der Waals surface area contributed by atoms with Gasteiger partial charge in [0.2, 0.25) is 5.43 Å². The Morgan fingerprint density at radius 3 is 2.36 bits per heavy atom. The predicted molar refractivity (Wildman–Crippen MR) is 171 cm³/mol. The van der Waals surface area contributed by atoms with E-state index in [-0.39, 0.29) is 24.3 Å². The number of hydrogen-bond acceptors (Lipinski definition) is 8. The lowest BCUT2D eigenvalue weighted by molar-refractivity contribution is -0.0955. The molecule has 1 aromatic heterocycles. The van der Waals surface area contributed by atoms with Crippen molar-refractivity contribution in [1.29, 1.82) is 5.26 Å². The molecule has 6 rings (SSSR count). The first kappa shape index (κ1) is 32.3. The van der Waals surface area contributed by atoms with Crippen LogP contribution in [0.15, 0.2) is 64.9 Å². The number of nitrogens with zero attached hydrogens (tertiary/aromatic N) is 6. The van der Waals surface area contributed by atoms with Gasteiger partial charge in [-0.2, -0.15) is 5.26 Å². The van der Waals surface area contributed by atoms with Gasteiger partial charge < -0.3 is 29.1 Å². The minimum Gasteiger partial charge on any atom is -0.477 e.